The van der Waals surface area contributed by atoms with Crippen molar-refractivity contribution < 1.29 is 13.6 Å². The van der Waals surface area contributed by atoms with Crippen LogP contribution in [-0.2, 0) is 15.4 Å². The highest BCUT2D eigenvalue weighted by Crippen LogP contribution is 2.31. The molecule has 2 rings (SSSR count). The molecule has 26 heavy (non-hydrogen) atoms. The van der Waals surface area contributed by atoms with Crippen molar-refractivity contribution in [2.24, 2.45) is 5.41 Å². The molecule has 0 amide bonds. The molecule has 1 heterocycles. The Hall–Kier alpha value is -1.60. The van der Waals surface area contributed by atoms with Gasteiger partial charge in [0.05, 0.1) is 12.7 Å². The topological polar surface area (TPSA) is 56.4 Å². The summed E-state index contributed by atoms with van der Waals surface area (Å²) in [5.41, 5.74) is 1.69. The molecule has 0 bridgehead atoms. The Bertz CT molecular complexity index is 762. The zero-order chi connectivity index (χ0) is 19.2. The van der Waals surface area contributed by atoms with Crippen LogP contribution in [0.5, 0.6) is 5.75 Å². The van der Waals surface area contributed by atoms with E-state index >= 15 is 0 Å². The summed E-state index contributed by atoms with van der Waals surface area (Å²) < 4.78 is 19.1. The Morgan fingerprint density at radius 2 is 1.92 bits per heavy atom. The van der Waals surface area contributed by atoms with Crippen molar-refractivity contribution in [1.29, 1.82) is 5.26 Å². The van der Waals surface area contributed by atoms with E-state index in [1.54, 1.807) is 7.11 Å². The van der Waals surface area contributed by atoms with Crippen LogP contribution in [0.3, 0.4) is 0 Å². The summed E-state index contributed by atoms with van der Waals surface area (Å²) >= 11 is 0. The number of nitrogens with zero attached hydrogens (tertiary/aromatic N) is 2. The van der Waals surface area contributed by atoms with Gasteiger partial charge in [0.2, 0.25) is 19.5 Å². The minimum atomic E-state index is -0.172. The normalized spacial score (nSPS) is 11.9. The van der Waals surface area contributed by atoms with Crippen molar-refractivity contribution in [3.05, 3.63) is 30.0 Å². The number of ether oxygens (including phenoxy) is 1. The number of hydrogen-bond donors (Lipinski definition) is 0. The Kier molecular flexibility index (Phi) is 7.47. The maximum absolute atomic E-state index is 9.42. The molecule has 0 unspecified atom stereocenters. The molecule has 0 saturated carbocycles. The second kappa shape index (κ2) is 9.37. The minimum absolute atomic E-state index is 0.0593. The van der Waals surface area contributed by atoms with Gasteiger partial charge in [-0.05, 0) is 44.1 Å². The SMILES string of the molecule is COc1ccc2c(c1)c(C#N)cn2CCCC(C)(C)C(O[Si]C)O[Si]C. The third-order valence-electron chi connectivity index (χ3n) is 4.52. The molecule has 1 aromatic heterocycles. The van der Waals surface area contributed by atoms with Crippen LogP contribution in [0.1, 0.15) is 32.3 Å². The van der Waals surface area contributed by atoms with Gasteiger partial charge < -0.3 is 18.2 Å². The van der Waals surface area contributed by atoms with E-state index in [1.807, 2.05) is 37.5 Å². The molecule has 0 fully saturated rings. The lowest BCUT2D eigenvalue weighted by Crippen LogP contribution is -2.36. The van der Waals surface area contributed by atoms with Crippen molar-refractivity contribution in [2.45, 2.75) is 52.6 Å². The fourth-order valence-corrected chi connectivity index (χ4v) is 4.32. The second-order valence-corrected chi connectivity index (χ2v) is 8.09. The van der Waals surface area contributed by atoms with E-state index < -0.39 is 0 Å². The van der Waals surface area contributed by atoms with Crippen LogP contribution < -0.4 is 4.74 Å². The standard InChI is InChI=1S/C19H26N2O3Si2/c1-19(2,18(23-25-4)24-26-5)9-6-10-21-13-14(12-20)16-11-15(22-3)7-8-17(16)21/h7-8,11,13,18H,6,9-10H2,1-5H3. The average molecular weight is 387 g/mol. The fourth-order valence-electron chi connectivity index (χ4n) is 3.06. The molecule has 4 radical (unpaired) electrons. The second-order valence-electron chi connectivity index (χ2n) is 6.80. The molecule has 138 valence electrons. The first-order valence-electron chi connectivity index (χ1n) is 8.68. The number of fused-ring (bicyclic) bond motifs is 1. The van der Waals surface area contributed by atoms with Gasteiger partial charge in [-0.3, -0.25) is 0 Å². The van der Waals surface area contributed by atoms with Crippen LogP contribution in [0.25, 0.3) is 10.9 Å². The summed E-state index contributed by atoms with van der Waals surface area (Å²) in [6.45, 7) is 9.28. The van der Waals surface area contributed by atoms with Gasteiger partial charge in [0.1, 0.15) is 18.1 Å². The third-order valence-corrected chi connectivity index (χ3v) is 5.42. The fraction of sp³-hybridized carbons (Fsp3) is 0.526. The van der Waals surface area contributed by atoms with E-state index in [1.165, 1.54) is 0 Å². The first-order chi connectivity index (χ1) is 12.5. The van der Waals surface area contributed by atoms with E-state index in [9.17, 15) is 5.26 Å². The zero-order valence-corrected chi connectivity index (χ0v) is 18.1. The quantitative estimate of drug-likeness (QED) is 0.457. The summed E-state index contributed by atoms with van der Waals surface area (Å²) in [4.78, 5) is 0. The number of aromatic nitrogens is 1. The van der Waals surface area contributed by atoms with Gasteiger partial charge >= 0.3 is 0 Å². The van der Waals surface area contributed by atoms with E-state index in [2.05, 4.69) is 24.5 Å². The van der Waals surface area contributed by atoms with Gasteiger partial charge in [0.15, 0.2) is 0 Å². The van der Waals surface area contributed by atoms with Gasteiger partial charge in [-0.2, -0.15) is 5.26 Å². The third kappa shape index (κ3) is 4.77. The van der Waals surface area contributed by atoms with Gasteiger partial charge in [-0.25, -0.2) is 0 Å². The maximum Gasteiger partial charge on any atom is 0.229 e. The van der Waals surface area contributed by atoms with Crippen LogP contribution in [0.15, 0.2) is 24.4 Å². The first-order valence-corrected chi connectivity index (χ1v) is 11.5. The van der Waals surface area contributed by atoms with Crippen LogP contribution in [0.2, 0.25) is 13.1 Å². The van der Waals surface area contributed by atoms with Crippen molar-refractivity contribution in [3.63, 3.8) is 0 Å². The molecule has 5 nitrogen and oxygen atoms in total. The molecule has 1 aromatic carbocycles. The van der Waals surface area contributed by atoms with E-state index in [4.69, 9.17) is 13.6 Å². The molecule has 0 atom stereocenters. The molecule has 0 aliphatic carbocycles. The van der Waals surface area contributed by atoms with Crippen LogP contribution in [-0.4, -0.2) is 37.5 Å². The van der Waals surface area contributed by atoms with Gasteiger partial charge in [0.25, 0.3) is 0 Å². The molecule has 0 aliphatic heterocycles. The van der Waals surface area contributed by atoms with E-state index in [0.717, 1.165) is 36.0 Å². The molecule has 0 N–H and O–H groups in total. The molecule has 7 heteroatoms. The highest BCUT2D eigenvalue weighted by molar-refractivity contribution is 6.26. The van der Waals surface area contributed by atoms with E-state index in [-0.39, 0.29) is 11.7 Å². The minimum Gasteiger partial charge on any atom is -0.497 e. The monoisotopic (exact) mass is 386 g/mol. The summed E-state index contributed by atoms with van der Waals surface area (Å²) in [6.07, 6.45) is 3.72. The van der Waals surface area contributed by atoms with Crippen molar-refractivity contribution >= 4 is 30.4 Å². The summed E-state index contributed by atoms with van der Waals surface area (Å²) in [6, 6.07) is 8.17. The predicted octanol–water partition coefficient (Wildman–Crippen LogP) is 4.02. The van der Waals surface area contributed by atoms with E-state index in [0.29, 0.717) is 25.1 Å². The van der Waals surface area contributed by atoms with Crippen LogP contribution in [0.4, 0.5) is 0 Å². The highest BCUT2D eigenvalue weighted by Gasteiger charge is 2.30. The number of methoxy groups -OCH3 is 1. The lowest BCUT2D eigenvalue weighted by atomic mass is 9.87. The summed E-state index contributed by atoms with van der Waals surface area (Å²) in [7, 11) is 2.47. The average Bonchev–Trinajstić information content (AvgIpc) is 2.98. The summed E-state index contributed by atoms with van der Waals surface area (Å²) in [5, 5.41) is 10.4. The molecular formula is C19H26N2O3Si2. The largest absolute Gasteiger partial charge is 0.497 e. The number of rotatable bonds is 10. The van der Waals surface area contributed by atoms with Crippen molar-refractivity contribution in [1.82, 2.24) is 4.57 Å². The Morgan fingerprint density at radius 3 is 2.50 bits per heavy atom. The summed E-state index contributed by atoms with van der Waals surface area (Å²) in [5.74, 6) is 0.769. The van der Waals surface area contributed by atoms with Crippen LogP contribution >= 0.6 is 0 Å². The van der Waals surface area contributed by atoms with Crippen molar-refractivity contribution in [2.75, 3.05) is 7.11 Å². The van der Waals surface area contributed by atoms with Gasteiger partial charge in [0, 0.05) is 29.1 Å². The van der Waals surface area contributed by atoms with Gasteiger partial charge in [-0.15, -0.1) is 0 Å². The molecular weight excluding hydrogens is 360 g/mol. The number of benzene rings is 1. The Morgan fingerprint density at radius 1 is 1.23 bits per heavy atom. The maximum atomic E-state index is 9.42. The Balaban J connectivity index is 2.11. The number of aryl methyl sites for hydroxylation is 1. The first kappa shape index (κ1) is 20.7. The van der Waals surface area contributed by atoms with Gasteiger partial charge in [-0.1, -0.05) is 13.8 Å². The Labute approximate surface area is 161 Å². The van der Waals surface area contributed by atoms with Crippen molar-refractivity contribution in [3.8, 4) is 11.8 Å². The molecule has 0 aliphatic rings. The lowest BCUT2D eigenvalue weighted by molar-refractivity contribution is -0.0828. The number of nitriles is 1. The van der Waals surface area contributed by atoms with Crippen LogP contribution in [0, 0.1) is 16.7 Å². The highest BCUT2D eigenvalue weighted by atomic mass is 28.2. The number of hydrogen-bond acceptors (Lipinski definition) is 4. The zero-order valence-electron chi connectivity index (χ0n) is 16.1. The molecule has 0 saturated heterocycles. The smallest absolute Gasteiger partial charge is 0.229 e. The molecule has 2 aromatic rings. The lowest BCUT2D eigenvalue weighted by Gasteiger charge is -2.34. The molecule has 0 spiro atoms. The predicted molar refractivity (Wildman–Crippen MR) is 105 cm³/mol.